The molecule has 2 aromatic carbocycles. The Bertz CT molecular complexity index is 606. The first-order chi connectivity index (χ1) is 10.3. The molecule has 21 heavy (non-hydrogen) atoms. The Morgan fingerprint density at radius 3 is 2.29 bits per heavy atom. The van der Waals surface area contributed by atoms with Crippen molar-refractivity contribution in [1.29, 1.82) is 0 Å². The minimum atomic E-state index is 0.682. The van der Waals surface area contributed by atoms with Crippen molar-refractivity contribution in [2.24, 2.45) is 0 Å². The van der Waals surface area contributed by atoms with E-state index in [2.05, 4.69) is 41.7 Å². The van der Waals surface area contributed by atoms with Crippen LogP contribution < -0.4 is 14.8 Å². The number of hydrogen-bond acceptors (Lipinski definition) is 3. The lowest BCUT2D eigenvalue weighted by molar-refractivity contribution is 0.354. The van der Waals surface area contributed by atoms with Gasteiger partial charge in [-0.05, 0) is 41.7 Å². The van der Waals surface area contributed by atoms with Crippen LogP contribution in [-0.2, 0) is 6.54 Å². The number of rotatable bonds is 6. The van der Waals surface area contributed by atoms with Gasteiger partial charge in [0, 0.05) is 12.6 Å². The maximum absolute atomic E-state index is 5.45. The van der Waals surface area contributed by atoms with Crippen LogP contribution in [0, 0.1) is 0 Å². The molecule has 1 aliphatic rings. The summed E-state index contributed by atoms with van der Waals surface area (Å²) >= 11 is 0. The molecule has 0 amide bonds. The smallest absolute Gasteiger partial charge is 0.161 e. The largest absolute Gasteiger partial charge is 0.493 e. The van der Waals surface area contributed by atoms with E-state index in [0.717, 1.165) is 18.0 Å². The fraction of sp³-hybridized carbons (Fsp3) is 0.333. The lowest BCUT2D eigenvalue weighted by atomic mass is 9.98. The average Bonchev–Trinajstić information content (AvgIpc) is 3.37. The second kappa shape index (κ2) is 6.19. The van der Waals surface area contributed by atoms with Crippen LogP contribution in [0.2, 0.25) is 0 Å². The van der Waals surface area contributed by atoms with Crippen LogP contribution >= 0.6 is 0 Å². The van der Waals surface area contributed by atoms with Crippen molar-refractivity contribution in [2.45, 2.75) is 25.4 Å². The zero-order valence-corrected chi connectivity index (χ0v) is 12.6. The summed E-state index contributed by atoms with van der Waals surface area (Å²) in [6.07, 6.45) is 2.57. The maximum atomic E-state index is 5.45. The maximum Gasteiger partial charge on any atom is 0.161 e. The van der Waals surface area contributed by atoms with E-state index in [1.165, 1.54) is 29.5 Å². The first kappa shape index (κ1) is 14.0. The topological polar surface area (TPSA) is 30.5 Å². The van der Waals surface area contributed by atoms with Crippen LogP contribution in [0.1, 0.15) is 18.4 Å². The molecule has 0 aromatic heterocycles. The van der Waals surface area contributed by atoms with Gasteiger partial charge in [0.25, 0.3) is 0 Å². The minimum Gasteiger partial charge on any atom is -0.493 e. The summed E-state index contributed by atoms with van der Waals surface area (Å²) in [5.74, 6) is 1.55. The lowest BCUT2D eigenvalue weighted by Crippen LogP contribution is -2.16. The molecular weight excluding hydrogens is 262 g/mol. The molecule has 0 saturated heterocycles. The highest BCUT2D eigenvalue weighted by Crippen LogP contribution is 2.36. The number of methoxy groups -OCH3 is 2. The van der Waals surface area contributed by atoms with E-state index in [1.807, 2.05) is 6.07 Å². The van der Waals surface area contributed by atoms with Gasteiger partial charge in [-0.1, -0.05) is 30.3 Å². The monoisotopic (exact) mass is 283 g/mol. The molecule has 0 atom stereocenters. The van der Waals surface area contributed by atoms with Crippen molar-refractivity contribution in [3.63, 3.8) is 0 Å². The van der Waals surface area contributed by atoms with E-state index >= 15 is 0 Å². The van der Waals surface area contributed by atoms with Gasteiger partial charge in [-0.25, -0.2) is 0 Å². The van der Waals surface area contributed by atoms with Crippen molar-refractivity contribution in [3.05, 3.63) is 48.0 Å². The molecule has 0 unspecified atom stereocenters. The number of nitrogens with one attached hydrogen (secondary N) is 1. The molecule has 3 heteroatoms. The molecule has 1 fully saturated rings. The third kappa shape index (κ3) is 3.19. The Hall–Kier alpha value is -2.00. The second-order valence-corrected chi connectivity index (χ2v) is 5.39. The highest BCUT2D eigenvalue weighted by molar-refractivity contribution is 5.71. The average molecular weight is 283 g/mol. The van der Waals surface area contributed by atoms with Gasteiger partial charge in [0.15, 0.2) is 11.5 Å². The van der Waals surface area contributed by atoms with E-state index < -0.39 is 0 Å². The Morgan fingerprint density at radius 2 is 1.67 bits per heavy atom. The minimum absolute atomic E-state index is 0.682. The molecular formula is C18H21NO2. The summed E-state index contributed by atoms with van der Waals surface area (Å²) in [6.45, 7) is 0.856. The second-order valence-electron chi connectivity index (χ2n) is 5.39. The standard InChI is InChI=1S/C18H21NO2/c1-20-17-10-14(12-19-15-8-9-15)16(11-18(17)21-2)13-6-4-3-5-7-13/h3-7,10-11,15,19H,8-9,12H2,1-2H3. The quantitative estimate of drug-likeness (QED) is 0.878. The third-order valence-electron chi connectivity index (χ3n) is 3.85. The van der Waals surface area contributed by atoms with Crippen molar-refractivity contribution in [2.75, 3.05) is 14.2 Å². The molecule has 110 valence electrons. The van der Waals surface area contributed by atoms with Crippen molar-refractivity contribution >= 4 is 0 Å². The van der Waals surface area contributed by atoms with Gasteiger partial charge in [0.1, 0.15) is 0 Å². The lowest BCUT2D eigenvalue weighted by Gasteiger charge is -2.15. The Balaban J connectivity index is 2.00. The molecule has 3 rings (SSSR count). The normalized spacial score (nSPS) is 14.0. The molecule has 0 bridgehead atoms. The van der Waals surface area contributed by atoms with Gasteiger partial charge < -0.3 is 14.8 Å². The van der Waals surface area contributed by atoms with E-state index in [-0.39, 0.29) is 0 Å². The van der Waals surface area contributed by atoms with Crippen molar-refractivity contribution in [3.8, 4) is 22.6 Å². The fourth-order valence-electron chi connectivity index (χ4n) is 2.50. The van der Waals surface area contributed by atoms with Crippen LogP contribution in [0.25, 0.3) is 11.1 Å². The van der Waals surface area contributed by atoms with Gasteiger partial charge in [-0.2, -0.15) is 0 Å². The molecule has 3 nitrogen and oxygen atoms in total. The number of ether oxygens (including phenoxy) is 2. The fourth-order valence-corrected chi connectivity index (χ4v) is 2.50. The predicted molar refractivity (Wildman–Crippen MR) is 84.8 cm³/mol. The van der Waals surface area contributed by atoms with E-state index in [0.29, 0.717) is 6.04 Å². The Kier molecular flexibility index (Phi) is 4.11. The molecule has 0 heterocycles. The van der Waals surface area contributed by atoms with Crippen LogP contribution in [0.4, 0.5) is 0 Å². The highest BCUT2D eigenvalue weighted by atomic mass is 16.5. The summed E-state index contributed by atoms with van der Waals surface area (Å²) < 4.78 is 10.9. The Morgan fingerprint density at radius 1 is 1.00 bits per heavy atom. The first-order valence-electron chi connectivity index (χ1n) is 7.35. The Labute approximate surface area is 125 Å². The van der Waals surface area contributed by atoms with Crippen LogP contribution in [0.5, 0.6) is 11.5 Å². The molecule has 2 aromatic rings. The van der Waals surface area contributed by atoms with Gasteiger partial charge in [0.05, 0.1) is 14.2 Å². The van der Waals surface area contributed by atoms with Crippen molar-refractivity contribution in [1.82, 2.24) is 5.32 Å². The molecule has 1 aliphatic carbocycles. The summed E-state index contributed by atoms with van der Waals surface area (Å²) in [5, 5.41) is 3.58. The third-order valence-corrected chi connectivity index (χ3v) is 3.85. The number of hydrogen-bond donors (Lipinski definition) is 1. The van der Waals surface area contributed by atoms with Crippen molar-refractivity contribution < 1.29 is 9.47 Å². The van der Waals surface area contributed by atoms with Gasteiger partial charge in [-0.15, -0.1) is 0 Å². The first-order valence-corrected chi connectivity index (χ1v) is 7.35. The summed E-state index contributed by atoms with van der Waals surface area (Å²) in [5.41, 5.74) is 3.64. The van der Waals surface area contributed by atoms with Gasteiger partial charge in [-0.3, -0.25) is 0 Å². The molecule has 1 N–H and O–H groups in total. The van der Waals surface area contributed by atoms with E-state index in [1.54, 1.807) is 14.2 Å². The summed E-state index contributed by atoms with van der Waals surface area (Å²) in [7, 11) is 3.35. The molecule has 1 saturated carbocycles. The van der Waals surface area contributed by atoms with Gasteiger partial charge in [0.2, 0.25) is 0 Å². The van der Waals surface area contributed by atoms with E-state index in [9.17, 15) is 0 Å². The van der Waals surface area contributed by atoms with Gasteiger partial charge >= 0.3 is 0 Å². The van der Waals surface area contributed by atoms with Crippen LogP contribution in [-0.4, -0.2) is 20.3 Å². The molecule has 0 spiro atoms. The van der Waals surface area contributed by atoms with Crippen LogP contribution in [0.15, 0.2) is 42.5 Å². The zero-order chi connectivity index (χ0) is 14.7. The summed E-state index contributed by atoms with van der Waals surface area (Å²) in [4.78, 5) is 0. The van der Waals surface area contributed by atoms with E-state index in [4.69, 9.17) is 9.47 Å². The zero-order valence-electron chi connectivity index (χ0n) is 12.6. The molecule has 0 aliphatic heterocycles. The predicted octanol–water partition coefficient (Wildman–Crippen LogP) is 3.62. The molecule has 0 radical (unpaired) electrons. The number of benzene rings is 2. The highest BCUT2D eigenvalue weighted by Gasteiger charge is 2.21. The van der Waals surface area contributed by atoms with Crippen LogP contribution in [0.3, 0.4) is 0 Å². The summed E-state index contributed by atoms with van der Waals surface area (Å²) in [6, 6.07) is 15.2. The SMILES string of the molecule is COc1cc(CNC2CC2)c(-c2ccccc2)cc1OC.